The van der Waals surface area contributed by atoms with Crippen LogP contribution in [-0.2, 0) is 6.61 Å². The lowest BCUT2D eigenvalue weighted by Crippen LogP contribution is -2.12. The van der Waals surface area contributed by atoms with Crippen LogP contribution in [0.25, 0.3) is 11.3 Å². The summed E-state index contributed by atoms with van der Waals surface area (Å²) < 4.78 is 16.3. The average molecular weight is 402 g/mol. The molecule has 1 aromatic heterocycles. The van der Waals surface area contributed by atoms with Crippen molar-refractivity contribution >= 4 is 23.2 Å². The van der Waals surface area contributed by atoms with Gasteiger partial charge in [-0.15, -0.1) is 0 Å². The van der Waals surface area contributed by atoms with E-state index < -0.39 is 0 Å². The van der Waals surface area contributed by atoms with Gasteiger partial charge in [0.2, 0.25) is 0 Å². The fourth-order valence-corrected chi connectivity index (χ4v) is 2.94. The molecule has 0 saturated heterocycles. The van der Waals surface area contributed by atoms with Gasteiger partial charge in [-0.2, -0.15) is 0 Å². The zero-order valence-corrected chi connectivity index (χ0v) is 16.2. The van der Waals surface area contributed by atoms with Gasteiger partial charge >= 0.3 is 0 Å². The number of halogens is 1. The maximum absolute atomic E-state index is 12.6. The summed E-state index contributed by atoms with van der Waals surface area (Å²) in [5.41, 5.74) is 1.63. The second kappa shape index (κ2) is 8.82. The number of aliphatic hydroxyl groups excluding tert-OH is 1. The maximum atomic E-state index is 12.6. The Labute approximate surface area is 167 Å². The highest BCUT2D eigenvalue weighted by molar-refractivity contribution is 6.32. The molecule has 0 radical (unpaired) electrons. The van der Waals surface area contributed by atoms with Crippen LogP contribution in [0.3, 0.4) is 0 Å². The van der Waals surface area contributed by atoms with Crippen LogP contribution in [0.1, 0.15) is 23.0 Å². The Morgan fingerprint density at radius 3 is 2.57 bits per heavy atom. The maximum Gasteiger partial charge on any atom is 0.255 e. The number of methoxy groups -OCH3 is 1. The van der Waals surface area contributed by atoms with Gasteiger partial charge in [0, 0.05) is 11.3 Å². The number of ether oxygens (including phenoxy) is 2. The monoisotopic (exact) mass is 401 g/mol. The first-order valence-electron chi connectivity index (χ1n) is 8.67. The summed E-state index contributed by atoms with van der Waals surface area (Å²) in [6.07, 6.45) is 0. The Balaban J connectivity index is 1.85. The number of carbonyl (C=O) groups is 1. The zero-order chi connectivity index (χ0) is 20.1. The molecule has 0 fully saturated rings. The number of aliphatic hydroxyl groups is 1. The molecule has 0 aliphatic heterocycles. The Hall–Kier alpha value is -2.96. The third-order valence-corrected chi connectivity index (χ3v) is 4.33. The quantitative estimate of drug-likeness (QED) is 0.597. The van der Waals surface area contributed by atoms with E-state index in [0.717, 1.165) is 0 Å². The van der Waals surface area contributed by atoms with E-state index in [9.17, 15) is 9.90 Å². The lowest BCUT2D eigenvalue weighted by Gasteiger charge is -2.11. The van der Waals surface area contributed by atoms with Gasteiger partial charge in [0.15, 0.2) is 0 Å². The Kier molecular flexibility index (Phi) is 6.23. The summed E-state index contributed by atoms with van der Waals surface area (Å²) in [6, 6.07) is 13.5. The summed E-state index contributed by atoms with van der Waals surface area (Å²) in [7, 11) is 1.55. The van der Waals surface area contributed by atoms with E-state index in [1.54, 1.807) is 55.6 Å². The third kappa shape index (κ3) is 4.30. The standard InChI is InChI=1S/C21H20ClNO5/c1-3-27-20-7-4-13(10-17(20)22)21(25)23-14-5-8-18(26-2)16(11-14)19-9-6-15(12-24)28-19/h4-11,24H,3,12H2,1-2H3,(H,23,25). The molecule has 0 saturated carbocycles. The number of amides is 1. The van der Waals surface area contributed by atoms with Crippen LogP contribution in [0.5, 0.6) is 11.5 Å². The molecule has 0 aliphatic rings. The minimum absolute atomic E-state index is 0.197. The van der Waals surface area contributed by atoms with Crippen LogP contribution in [0.4, 0.5) is 5.69 Å². The smallest absolute Gasteiger partial charge is 0.255 e. The summed E-state index contributed by atoms with van der Waals surface area (Å²) in [6.45, 7) is 2.16. The van der Waals surface area contributed by atoms with Crippen molar-refractivity contribution in [1.29, 1.82) is 0 Å². The molecule has 1 amide bonds. The SMILES string of the molecule is CCOc1ccc(C(=O)Nc2ccc(OC)c(-c3ccc(CO)o3)c2)cc1Cl. The Morgan fingerprint density at radius 1 is 1.14 bits per heavy atom. The van der Waals surface area contributed by atoms with E-state index in [2.05, 4.69) is 5.32 Å². The molecule has 0 unspecified atom stereocenters. The van der Waals surface area contributed by atoms with Crippen molar-refractivity contribution in [3.8, 4) is 22.8 Å². The van der Waals surface area contributed by atoms with Crippen molar-refractivity contribution in [3.05, 3.63) is 64.9 Å². The molecule has 7 heteroatoms. The number of benzene rings is 2. The van der Waals surface area contributed by atoms with Gasteiger partial charge in [0.25, 0.3) is 5.91 Å². The highest BCUT2D eigenvalue weighted by Crippen LogP contribution is 2.34. The van der Waals surface area contributed by atoms with Crippen molar-refractivity contribution in [3.63, 3.8) is 0 Å². The molecule has 0 spiro atoms. The molecule has 1 heterocycles. The van der Waals surface area contributed by atoms with E-state index in [-0.39, 0.29) is 12.5 Å². The van der Waals surface area contributed by atoms with E-state index in [1.807, 2.05) is 6.92 Å². The molecule has 146 valence electrons. The van der Waals surface area contributed by atoms with Gasteiger partial charge in [0.05, 0.1) is 24.3 Å². The van der Waals surface area contributed by atoms with Crippen LogP contribution >= 0.6 is 11.6 Å². The molecule has 28 heavy (non-hydrogen) atoms. The highest BCUT2D eigenvalue weighted by atomic mass is 35.5. The summed E-state index contributed by atoms with van der Waals surface area (Å²) in [5.74, 6) is 1.78. The predicted molar refractivity (Wildman–Crippen MR) is 107 cm³/mol. The van der Waals surface area contributed by atoms with E-state index in [1.165, 1.54) is 0 Å². The highest BCUT2D eigenvalue weighted by Gasteiger charge is 2.14. The van der Waals surface area contributed by atoms with Gasteiger partial charge in [0.1, 0.15) is 29.6 Å². The zero-order valence-electron chi connectivity index (χ0n) is 15.5. The van der Waals surface area contributed by atoms with Gasteiger partial charge in [-0.3, -0.25) is 4.79 Å². The van der Waals surface area contributed by atoms with Crippen molar-refractivity contribution in [2.75, 3.05) is 19.0 Å². The van der Waals surface area contributed by atoms with Crippen LogP contribution in [-0.4, -0.2) is 24.7 Å². The molecular formula is C21H20ClNO5. The van der Waals surface area contributed by atoms with Crippen LogP contribution in [0, 0.1) is 0 Å². The normalized spacial score (nSPS) is 10.6. The van der Waals surface area contributed by atoms with Gasteiger partial charge in [-0.25, -0.2) is 0 Å². The summed E-state index contributed by atoms with van der Waals surface area (Å²) >= 11 is 6.16. The molecule has 3 rings (SSSR count). The number of carbonyl (C=O) groups excluding carboxylic acids is 1. The second-order valence-electron chi connectivity index (χ2n) is 5.87. The number of hydrogen-bond donors (Lipinski definition) is 2. The third-order valence-electron chi connectivity index (χ3n) is 4.03. The molecule has 0 atom stereocenters. The van der Waals surface area contributed by atoms with Crippen LogP contribution in [0.2, 0.25) is 5.02 Å². The second-order valence-corrected chi connectivity index (χ2v) is 6.28. The van der Waals surface area contributed by atoms with E-state index >= 15 is 0 Å². The topological polar surface area (TPSA) is 80.9 Å². The number of anilines is 1. The number of hydrogen-bond acceptors (Lipinski definition) is 5. The van der Waals surface area contributed by atoms with E-state index in [0.29, 0.717) is 51.5 Å². The molecule has 2 aromatic carbocycles. The minimum Gasteiger partial charge on any atom is -0.496 e. The molecule has 0 aliphatic carbocycles. The van der Waals surface area contributed by atoms with Crippen LogP contribution in [0.15, 0.2) is 52.9 Å². The largest absolute Gasteiger partial charge is 0.496 e. The fraction of sp³-hybridized carbons (Fsp3) is 0.190. The molecule has 2 N–H and O–H groups in total. The molecule has 3 aromatic rings. The first-order valence-corrected chi connectivity index (χ1v) is 9.05. The minimum atomic E-state index is -0.309. The Morgan fingerprint density at radius 2 is 1.93 bits per heavy atom. The lowest BCUT2D eigenvalue weighted by molar-refractivity contribution is 0.102. The molecule has 6 nitrogen and oxygen atoms in total. The first-order chi connectivity index (χ1) is 13.5. The first kappa shape index (κ1) is 19.8. The predicted octanol–water partition coefficient (Wildman–Crippen LogP) is 4.75. The van der Waals surface area contributed by atoms with Crippen LogP contribution < -0.4 is 14.8 Å². The number of rotatable bonds is 7. The van der Waals surface area contributed by atoms with Crippen molar-refractivity contribution in [1.82, 2.24) is 0 Å². The molecular weight excluding hydrogens is 382 g/mol. The van der Waals surface area contributed by atoms with Crippen molar-refractivity contribution < 1.29 is 23.8 Å². The van der Waals surface area contributed by atoms with E-state index in [4.69, 9.17) is 25.5 Å². The van der Waals surface area contributed by atoms with Gasteiger partial charge in [-0.05, 0) is 55.5 Å². The molecule has 0 bridgehead atoms. The summed E-state index contributed by atoms with van der Waals surface area (Å²) in [4.78, 5) is 12.6. The summed E-state index contributed by atoms with van der Waals surface area (Å²) in [5, 5.41) is 12.4. The number of furan rings is 1. The Bertz CT molecular complexity index is 983. The number of nitrogens with one attached hydrogen (secondary N) is 1. The average Bonchev–Trinajstić information content (AvgIpc) is 3.18. The van der Waals surface area contributed by atoms with Crippen molar-refractivity contribution in [2.45, 2.75) is 13.5 Å². The fourth-order valence-electron chi connectivity index (χ4n) is 2.70. The van der Waals surface area contributed by atoms with Crippen molar-refractivity contribution in [2.24, 2.45) is 0 Å². The van der Waals surface area contributed by atoms with Gasteiger partial charge < -0.3 is 24.3 Å². The van der Waals surface area contributed by atoms with Gasteiger partial charge in [-0.1, -0.05) is 11.6 Å². The lowest BCUT2D eigenvalue weighted by atomic mass is 10.1.